The van der Waals surface area contributed by atoms with Crippen LogP contribution in [0.2, 0.25) is 0 Å². The summed E-state index contributed by atoms with van der Waals surface area (Å²) >= 11 is 0. The van der Waals surface area contributed by atoms with E-state index in [-0.39, 0.29) is 5.82 Å². The average molecular weight is 288 g/mol. The highest BCUT2D eigenvalue weighted by atomic mass is 19.1. The van der Waals surface area contributed by atoms with Gasteiger partial charge in [0.05, 0.1) is 0 Å². The fraction of sp³-hybridized carbons (Fsp3) is 0.375. The fourth-order valence-electron chi connectivity index (χ4n) is 2.38. The molecule has 1 heterocycles. The maximum Gasteiger partial charge on any atom is 0.137 e. The highest BCUT2D eigenvalue weighted by Crippen LogP contribution is 2.25. The number of aromatic nitrogens is 2. The molecule has 4 nitrogen and oxygen atoms in total. The van der Waals surface area contributed by atoms with Gasteiger partial charge < -0.3 is 10.2 Å². The Kier molecular flexibility index (Phi) is 5.09. The number of nitrogens with one attached hydrogen (secondary N) is 1. The molecule has 2 aromatic rings. The van der Waals surface area contributed by atoms with Gasteiger partial charge in [-0.2, -0.15) is 0 Å². The summed E-state index contributed by atoms with van der Waals surface area (Å²) < 4.78 is 13.8. The van der Waals surface area contributed by atoms with Crippen molar-refractivity contribution in [2.24, 2.45) is 0 Å². The van der Waals surface area contributed by atoms with Crippen LogP contribution in [0.5, 0.6) is 0 Å². The van der Waals surface area contributed by atoms with Crippen LogP contribution in [0.1, 0.15) is 24.5 Å². The van der Waals surface area contributed by atoms with E-state index in [1.807, 2.05) is 25.1 Å². The van der Waals surface area contributed by atoms with Crippen LogP contribution in [0.25, 0.3) is 0 Å². The van der Waals surface area contributed by atoms with E-state index in [9.17, 15) is 4.39 Å². The van der Waals surface area contributed by atoms with Gasteiger partial charge in [0, 0.05) is 31.8 Å². The molecule has 0 radical (unpaired) electrons. The molecule has 1 aromatic heterocycles. The number of hydrogen-bond acceptors (Lipinski definition) is 4. The van der Waals surface area contributed by atoms with E-state index in [0.717, 1.165) is 30.0 Å². The Bertz CT molecular complexity index is 601. The Balaban J connectivity index is 2.30. The third-order valence-corrected chi connectivity index (χ3v) is 3.39. The van der Waals surface area contributed by atoms with Gasteiger partial charge in [-0.1, -0.05) is 31.5 Å². The van der Waals surface area contributed by atoms with E-state index >= 15 is 0 Å². The summed E-state index contributed by atoms with van der Waals surface area (Å²) in [7, 11) is 3.77. The van der Waals surface area contributed by atoms with Gasteiger partial charge in [-0.3, -0.25) is 0 Å². The molecular formula is C16H21FN4. The van der Waals surface area contributed by atoms with Crippen molar-refractivity contribution in [2.45, 2.75) is 26.3 Å². The summed E-state index contributed by atoms with van der Waals surface area (Å²) in [5.41, 5.74) is 1.73. The van der Waals surface area contributed by atoms with E-state index in [0.29, 0.717) is 12.1 Å². The largest absolute Gasteiger partial charge is 0.373 e. The van der Waals surface area contributed by atoms with Crippen LogP contribution < -0.4 is 10.2 Å². The number of nitrogens with zero attached hydrogens (tertiary/aromatic N) is 3. The van der Waals surface area contributed by atoms with Crippen molar-refractivity contribution < 1.29 is 4.39 Å². The standard InChI is InChI=1S/C16H21FN4/c1-4-7-13-15(18-2)19-11-20-16(13)21(3)10-12-8-5-6-9-14(12)17/h5-6,8-9,11H,4,7,10H2,1-3H3,(H,18,19,20). The van der Waals surface area contributed by atoms with Gasteiger partial charge >= 0.3 is 0 Å². The first kappa shape index (κ1) is 15.2. The summed E-state index contributed by atoms with van der Waals surface area (Å²) in [5, 5.41) is 3.10. The first-order valence-corrected chi connectivity index (χ1v) is 7.13. The van der Waals surface area contributed by atoms with Gasteiger partial charge in [0.25, 0.3) is 0 Å². The molecule has 0 saturated carbocycles. The molecule has 1 N–H and O–H groups in total. The third-order valence-electron chi connectivity index (χ3n) is 3.39. The van der Waals surface area contributed by atoms with Crippen molar-refractivity contribution in [3.05, 3.63) is 47.5 Å². The number of rotatable bonds is 6. The lowest BCUT2D eigenvalue weighted by molar-refractivity contribution is 0.607. The Hall–Kier alpha value is -2.17. The van der Waals surface area contributed by atoms with Crippen molar-refractivity contribution in [3.8, 4) is 0 Å². The van der Waals surface area contributed by atoms with Crippen molar-refractivity contribution in [3.63, 3.8) is 0 Å². The second-order valence-corrected chi connectivity index (χ2v) is 4.97. The van der Waals surface area contributed by atoms with Crippen molar-refractivity contribution in [1.82, 2.24) is 9.97 Å². The van der Waals surface area contributed by atoms with Gasteiger partial charge in [-0.25, -0.2) is 14.4 Å². The van der Waals surface area contributed by atoms with Gasteiger partial charge in [-0.15, -0.1) is 0 Å². The molecule has 2 rings (SSSR count). The lowest BCUT2D eigenvalue weighted by Gasteiger charge is -2.22. The van der Waals surface area contributed by atoms with Crippen LogP contribution in [-0.2, 0) is 13.0 Å². The SMILES string of the molecule is CCCc1c(NC)ncnc1N(C)Cc1ccccc1F. The zero-order valence-electron chi connectivity index (χ0n) is 12.7. The predicted molar refractivity (Wildman–Crippen MR) is 84.1 cm³/mol. The molecular weight excluding hydrogens is 267 g/mol. The Morgan fingerprint density at radius 1 is 1.24 bits per heavy atom. The molecule has 0 bridgehead atoms. The van der Waals surface area contributed by atoms with E-state index in [1.165, 1.54) is 12.4 Å². The Labute approximate surface area is 125 Å². The van der Waals surface area contributed by atoms with Gasteiger partial charge in [0.2, 0.25) is 0 Å². The summed E-state index contributed by atoms with van der Waals surface area (Å²) in [6.07, 6.45) is 3.43. The highest BCUT2D eigenvalue weighted by Gasteiger charge is 2.14. The maximum absolute atomic E-state index is 13.8. The van der Waals surface area contributed by atoms with Crippen molar-refractivity contribution in [2.75, 3.05) is 24.3 Å². The molecule has 21 heavy (non-hydrogen) atoms. The zero-order valence-corrected chi connectivity index (χ0v) is 12.7. The molecule has 0 aliphatic carbocycles. The molecule has 0 saturated heterocycles. The van der Waals surface area contributed by atoms with E-state index in [2.05, 4.69) is 22.2 Å². The molecule has 0 amide bonds. The highest BCUT2D eigenvalue weighted by molar-refractivity contribution is 5.58. The first-order chi connectivity index (χ1) is 10.2. The van der Waals surface area contributed by atoms with Gasteiger partial charge in [0.15, 0.2) is 0 Å². The predicted octanol–water partition coefficient (Wildman–Crippen LogP) is 3.25. The second kappa shape index (κ2) is 7.02. The number of anilines is 2. The lowest BCUT2D eigenvalue weighted by atomic mass is 10.1. The maximum atomic E-state index is 13.8. The minimum Gasteiger partial charge on any atom is -0.373 e. The quantitative estimate of drug-likeness (QED) is 0.886. The Morgan fingerprint density at radius 2 is 2.00 bits per heavy atom. The first-order valence-electron chi connectivity index (χ1n) is 7.13. The van der Waals surface area contributed by atoms with Gasteiger partial charge in [-0.05, 0) is 12.5 Å². The van der Waals surface area contributed by atoms with Crippen LogP contribution in [0.15, 0.2) is 30.6 Å². The number of hydrogen-bond donors (Lipinski definition) is 1. The summed E-state index contributed by atoms with van der Waals surface area (Å²) in [5.74, 6) is 1.49. The third kappa shape index (κ3) is 3.48. The minimum atomic E-state index is -0.190. The molecule has 0 fully saturated rings. The van der Waals surface area contributed by atoms with Gasteiger partial charge in [0.1, 0.15) is 23.8 Å². The van der Waals surface area contributed by atoms with Crippen LogP contribution in [0.3, 0.4) is 0 Å². The molecule has 112 valence electrons. The van der Waals surface area contributed by atoms with E-state index in [1.54, 1.807) is 12.1 Å². The normalized spacial score (nSPS) is 10.5. The zero-order chi connectivity index (χ0) is 15.2. The van der Waals surface area contributed by atoms with Crippen LogP contribution >= 0.6 is 0 Å². The van der Waals surface area contributed by atoms with Crippen LogP contribution in [-0.4, -0.2) is 24.1 Å². The minimum absolute atomic E-state index is 0.190. The topological polar surface area (TPSA) is 41.1 Å². The smallest absolute Gasteiger partial charge is 0.137 e. The summed E-state index contributed by atoms with van der Waals surface area (Å²) in [4.78, 5) is 10.6. The van der Waals surface area contributed by atoms with Crippen LogP contribution in [0.4, 0.5) is 16.0 Å². The van der Waals surface area contributed by atoms with Crippen LogP contribution in [0, 0.1) is 5.82 Å². The molecule has 1 aromatic carbocycles. The fourth-order valence-corrected chi connectivity index (χ4v) is 2.38. The average Bonchev–Trinajstić information content (AvgIpc) is 2.50. The Morgan fingerprint density at radius 3 is 2.67 bits per heavy atom. The second-order valence-electron chi connectivity index (χ2n) is 4.97. The van der Waals surface area contributed by atoms with Crippen molar-refractivity contribution >= 4 is 11.6 Å². The molecule has 0 aliphatic heterocycles. The molecule has 0 unspecified atom stereocenters. The molecule has 5 heteroatoms. The summed E-state index contributed by atoms with van der Waals surface area (Å²) in [6, 6.07) is 6.82. The van der Waals surface area contributed by atoms with Crippen molar-refractivity contribution in [1.29, 1.82) is 0 Å². The molecule has 0 atom stereocenters. The van der Waals surface area contributed by atoms with E-state index < -0.39 is 0 Å². The molecule has 0 spiro atoms. The molecule has 0 aliphatic rings. The number of halogens is 1. The summed E-state index contributed by atoms with van der Waals surface area (Å²) in [6.45, 7) is 2.59. The monoisotopic (exact) mass is 288 g/mol. The lowest BCUT2D eigenvalue weighted by Crippen LogP contribution is -2.21. The van der Waals surface area contributed by atoms with E-state index in [4.69, 9.17) is 0 Å². The number of benzene rings is 1.